The van der Waals surface area contributed by atoms with Gasteiger partial charge in [-0.05, 0) is 23.8 Å². The third kappa shape index (κ3) is 6.76. The van der Waals surface area contributed by atoms with Gasteiger partial charge in [0.2, 0.25) is 11.8 Å². The molecule has 0 aromatic heterocycles. The van der Waals surface area contributed by atoms with Crippen LogP contribution < -0.4 is 15.4 Å². The normalized spacial score (nSPS) is 12.3. The van der Waals surface area contributed by atoms with Crippen LogP contribution in [0.2, 0.25) is 0 Å². The van der Waals surface area contributed by atoms with Crippen molar-refractivity contribution in [3.05, 3.63) is 69.5 Å². The first kappa shape index (κ1) is 24.3. The molecule has 3 N–H and O–H groups in total. The first-order valence-electron chi connectivity index (χ1n) is 9.46. The van der Waals surface area contributed by atoms with Crippen LogP contribution in [-0.4, -0.2) is 47.0 Å². The highest BCUT2D eigenvalue weighted by Crippen LogP contribution is 2.25. The maximum absolute atomic E-state index is 13.1. The third-order valence-corrected chi connectivity index (χ3v) is 4.56. The average molecular weight is 447 g/mol. The molecular weight excluding hydrogens is 425 g/mol. The highest BCUT2D eigenvalue weighted by atomic mass is 19.1. The van der Waals surface area contributed by atoms with Crippen molar-refractivity contribution in [2.45, 2.75) is 31.8 Å². The van der Waals surface area contributed by atoms with Gasteiger partial charge in [-0.15, -0.1) is 0 Å². The standard InChI is InChI=1S/C21H22FN3O7/c1-12(26)23-17(9-13-3-5-15(22)6-4-13)20(27)24-18(21(28)29)11-14-10-16(25(30)31)7-8-19(14)32-2/h3-8,10,17-18H,9,11H2,1-2H3,(H,23,26)(H,24,27)(H,28,29)/t17-,18+/m0/s1. The van der Waals surface area contributed by atoms with Gasteiger partial charge in [0.25, 0.3) is 5.69 Å². The van der Waals surface area contributed by atoms with Crippen LogP contribution in [0.3, 0.4) is 0 Å². The van der Waals surface area contributed by atoms with E-state index in [4.69, 9.17) is 4.74 Å². The summed E-state index contributed by atoms with van der Waals surface area (Å²) < 4.78 is 18.3. The van der Waals surface area contributed by atoms with Gasteiger partial charge >= 0.3 is 5.97 Å². The molecule has 0 saturated heterocycles. The quantitative estimate of drug-likeness (QED) is 0.370. The highest BCUT2D eigenvalue weighted by Gasteiger charge is 2.28. The molecule has 0 radical (unpaired) electrons. The summed E-state index contributed by atoms with van der Waals surface area (Å²) in [5.74, 6) is -2.91. The number of hydrogen-bond donors (Lipinski definition) is 3. The third-order valence-electron chi connectivity index (χ3n) is 4.56. The number of rotatable bonds is 10. The zero-order valence-corrected chi connectivity index (χ0v) is 17.3. The van der Waals surface area contributed by atoms with Crippen molar-refractivity contribution in [2.24, 2.45) is 0 Å². The van der Waals surface area contributed by atoms with E-state index >= 15 is 0 Å². The van der Waals surface area contributed by atoms with Gasteiger partial charge in [-0.25, -0.2) is 9.18 Å². The second-order valence-corrected chi connectivity index (χ2v) is 6.94. The zero-order chi connectivity index (χ0) is 23.8. The number of nitrogens with one attached hydrogen (secondary N) is 2. The molecule has 0 aliphatic rings. The SMILES string of the molecule is COc1ccc([N+](=O)[O-])cc1C[C@@H](NC(=O)[C@H](Cc1ccc(F)cc1)NC(C)=O)C(=O)O. The second kappa shape index (κ2) is 10.8. The van der Waals surface area contributed by atoms with E-state index < -0.39 is 40.6 Å². The van der Waals surface area contributed by atoms with Gasteiger partial charge in [0.15, 0.2) is 0 Å². The summed E-state index contributed by atoms with van der Waals surface area (Å²) in [7, 11) is 1.33. The minimum Gasteiger partial charge on any atom is -0.496 e. The minimum absolute atomic E-state index is 0.00182. The molecule has 0 fully saturated rings. The van der Waals surface area contributed by atoms with E-state index in [-0.39, 0.29) is 29.8 Å². The van der Waals surface area contributed by atoms with Gasteiger partial charge in [0, 0.05) is 37.5 Å². The monoisotopic (exact) mass is 447 g/mol. The second-order valence-electron chi connectivity index (χ2n) is 6.94. The van der Waals surface area contributed by atoms with Gasteiger partial charge in [-0.3, -0.25) is 19.7 Å². The number of non-ortho nitro benzene ring substituents is 1. The molecule has 2 rings (SSSR count). The number of carbonyl (C=O) groups excluding carboxylic acids is 2. The van der Waals surface area contributed by atoms with Crippen LogP contribution in [-0.2, 0) is 27.2 Å². The topological polar surface area (TPSA) is 148 Å². The number of carboxylic acids is 1. The molecule has 2 amide bonds. The van der Waals surface area contributed by atoms with Gasteiger partial charge in [-0.2, -0.15) is 0 Å². The number of carboxylic acid groups (broad SMARTS) is 1. The molecule has 10 nitrogen and oxygen atoms in total. The van der Waals surface area contributed by atoms with Crippen molar-refractivity contribution >= 4 is 23.5 Å². The number of hydrogen-bond acceptors (Lipinski definition) is 6. The number of nitrogens with zero attached hydrogens (tertiary/aromatic N) is 1. The van der Waals surface area contributed by atoms with Crippen LogP contribution in [0.5, 0.6) is 5.75 Å². The van der Waals surface area contributed by atoms with Crippen molar-refractivity contribution in [3.63, 3.8) is 0 Å². The number of methoxy groups -OCH3 is 1. The van der Waals surface area contributed by atoms with E-state index in [0.717, 1.165) is 0 Å². The Kier molecular flexibility index (Phi) is 8.22. The summed E-state index contributed by atoms with van der Waals surface area (Å²) in [6.07, 6.45) is -0.298. The lowest BCUT2D eigenvalue weighted by Crippen LogP contribution is -2.52. The molecule has 170 valence electrons. The lowest BCUT2D eigenvalue weighted by molar-refractivity contribution is -0.384. The van der Waals surface area contributed by atoms with Crippen LogP contribution in [0.4, 0.5) is 10.1 Å². The molecule has 0 aliphatic carbocycles. The summed E-state index contributed by atoms with van der Waals surface area (Å²) in [5, 5.41) is 25.4. The Balaban J connectivity index is 2.24. The molecule has 2 atom stereocenters. The number of amides is 2. The Hall–Kier alpha value is -4.02. The predicted octanol–water partition coefficient (Wildman–Crippen LogP) is 1.60. The maximum atomic E-state index is 13.1. The van der Waals surface area contributed by atoms with Gasteiger partial charge in [0.1, 0.15) is 23.7 Å². The van der Waals surface area contributed by atoms with Crippen molar-refractivity contribution in [1.29, 1.82) is 0 Å². The summed E-state index contributed by atoms with van der Waals surface area (Å²) >= 11 is 0. The number of aliphatic carboxylic acids is 1. The largest absolute Gasteiger partial charge is 0.496 e. The fourth-order valence-electron chi connectivity index (χ4n) is 3.04. The van der Waals surface area contributed by atoms with E-state index in [9.17, 15) is 34.0 Å². The molecule has 11 heteroatoms. The fraction of sp³-hybridized carbons (Fsp3) is 0.286. The van der Waals surface area contributed by atoms with E-state index in [1.807, 2.05) is 0 Å². The van der Waals surface area contributed by atoms with E-state index in [1.165, 1.54) is 56.5 Å². The van der Waals surface area contributed by atoms with E-state index in [2.05, 4.69) is 10.6 Å². The number of ether oxygens (including phenoxy) is 1. The average Bonchev–Trinajstić information content (AvgIpc) is 2.73. The summed E-state index contributed by atoms with van der Waals surface area (Å²) in [4.78, 5) is 46.5. The molecule has 32 heavy (non-hydrogen) atoms. The smallest absolute Gasteiger partial charge is 0.326 e. The first-order valence-corrected chi connectivity index (χ1v) is 9.46. The minimum atomic E-state index is -1.46. The number of halogens is 1. The molecule has 2 aromatic rings. The van der Waals surface area contributed by atoms with Crippen LogP contribution >= 0.6 is 0 Å². The molecular formula is C21H22FN3O7. The van der Waals surface area contributed by atoms with Gasteiger partial charge < -0.3 is 20.5 Å². The molecule has 0 spiro atoms. The van der Waals surface area contributed by atoms with E-state index in [0.29, 0.717) is 5.56 Å². The molecule has 0 bridgehead atoms. The fourth-order valence-corrected chi connectivity index (χ4v) is 3.04. The van der Waals surface area contributed by atoms with Crippen molar-refractivity contribution in [1.82, 2.24) is 10.6 Å². The Labute approximate surface area is 182 Å². The molecule has 0 aliphatic heterocycles. The highest BCUT2D eigenvalue weighted by molar-refractivity contribution is 5.90. The maximum Gasteiger partial charge on any atom is 0.326 e. The number of carbonyl (C=O) groups is 3. The molecule has 0 heterocycles. The van der Waals surface area contributed by atoms with Crippen LogP contribution in [0, 0.1) is 15.9 Å². The molecule has 0 unspecified atom stereocenters. The number of nitro benzene ring substituents is 1. The molecule has 0 saturated carbocycles. The Morgan fingerprint density at radius 3 is 2.28 bits per heavy atom. The summed E-state index contributed by atoms with van der Waals surface area (Å²) in [6, 6.07) is 6.44. The zero-order valence-electron chi connectivity index (χ0n) is 17.3. The summed E-state index contributed by atoms with van der Waals surface area (Å²) in [6.45, 7) is 1.20. The Morgan fingerprint density at radius 2 is 1.75 bits per heavy atom. The Morgan fingerprint density at radius 1 is 1.09 bits per heavy atom. The van der Waals surface area contributed by atoms with Crippen molar-refractivity contribution in [3.8, 4) is 5.75 Å². The van der Waals surface area contributed by atoms with Gasteiger partial charge in [-0.1, -0.05) is 12.1 Å². The number of benzene rings is 2. The van der Waals surface area contributed by atoms with Crippen molar-refractivity contribution in [2.75, 3.05) is 7.11 Å². The Bertz CT molecular complexity index is 1010. The van der Waals surface area contributed by atoms with E-state index in [1.54, 1.807) is 0 Å². The van der Waals surface area contributed by atoms with Crippen molar-refractivity contribution < 1.29 is 33.5 Å². The van der Waals surface area contributed by atoms with Crippen LogP contribution in [0.1, 0.15) is 18.1 Å². The summed E-state index contributed by atoms with van der Waals surface area (Å²) in [5.41, 5.74) is 0.500. The van der Waals surface area contributed by atoms with Gasteiger partial charge in [0.05, 0.1) is 12.0 Å². The molecule has 2 aromatic carbocycles. The first-order chi connectivity index (χ1) is 15.1. The van der Waals surface area contributed by atoms with Crippen LogP contribution in [0.25, 0.3) is 0 Å². The predicted molar refractivity (Wildman–Crippen MR) is 111 cm³/mol. The lowest BCUT2D eigenvalue weighted by Gasteiger charge is -2.21. The lowest BCUT2D eigenvalue weighted by atomic mass is 10.0. The van der Waals surface area contributed by atoms with Crippen LogP contribution in [0.15, 0.2) is 42.5 Å². The number of nitro groups is 1.